The molecule has 0 amide bonds. The van der Waals surface area contributed by atoms with Gasteiger partial charge in [-0.25, -0.2) is 14.0 Å². The first-order valence-corrected chi connectivity index (χ1v) is 10.6. The Kier molecular flexibility index (Phi) is 8.16. The summed E-state index contributed by atoms with van der Waals surface area (Å²) < 4.78 is 50.5. The number of halogens is 2. The Hall–Kier alpha value is -4.96. The normalized spacial score (nSPS) is 10.1. The van der Waals surface area contributed by atoms with Crippen LogP contribution in [0.3, 0.4) is 0 Å². The summed E-state index contributed by atoms with van der Waals surface area (Å²) in [5.41, 5.74) is -1.04. The topological polar surface area (TPSA) is 119 Å². The Bertz CT molecular complexity index is 1370. The van der Waals surface area contributed by atoms with Gasteiger partial charge in [0, 0.05) is 0 Å². The van der Waals surface area contributed by atoms with E-state index >= 15 is 4.39 Å². The van der Waals surface area contributed by atoms with E-state index in [-0.39, 0.29) is 35.8 Å². The van der Waals surface area contributed by atoms with Crippen LogP contribution in [0.4, 0.5) is 8.78 Å². The fourth-order valence-corrected chi connectivity index (χ4v) is 3.03. The van der Waals surface area contributed by atoms with E-state index in [4.69, 9.17) is 18.9 Å². The Balaban J connectivity index is 2.04. The van der Waals surface area contributed by atoms with Gasteiger partial charge in [-0.2, -0.15) is 14.9 Å². The number of benzene rings is 3. The van der Waals surface area contributed by atoms with E-state index in [1.54, 1.807) is 19.9 Å². The summed E-state index contributed by atoms with van der Waals surface area (Å²) in [4.78, 5) is 23.7. The molecule has 3 aromatic rings. The molecule has 0 fully saturated rings. The molecule has 0 aliphatic rings. The van der Waals surface area contributed by atoms with Gasteiger partial charge in [0.1, 0.15) is 34.8 Å². The molecule has 0 heterocycles. The third-order valence-electron chi connectivity index (χ3n) is 4.69. The number of carbonyl (C=O) groups is 2. The van der Waals surface area contributed by atoms with Crippen molar-refractivity contribution in [2.24, 2.45) is 0 Å². The summed E-state index contributed by atoms with van der Waals surface area (Å²) in [5.74, 6) is -5.61. The summed E-state index contributed by atoms with van der Waals surface area (Å²) in [6, 6.07) is 13.9. The minimum atomic E-state index is -1.59. The molecule has 0 N–H and O–H groups in total. The van der Waals surface area contributed by atoms with Gasteiger partial charge in [-0.15, -0.1) is 0 Å². The predicted molar refractivity (Wildman–Crippen MR) is 121 cm³/mol. The van der Waals surface area contributed by atoms with Crippen LogP contribution in [0.15, 0.2) is 48.5 Å². The van der Waals surface area contributed by atoms with Gasteiger partial charge in [-0.05, 0) is 62.4 Å². The minimum Gasteiger partial charge on any atom is -0.462 e. The molecule has 3 rings (SSSR count). The van der Waals surface area contributed by atoms with Crippen molar-refractivity contribution < 1.29 is 37.3 Å². The molecular formula is C26H18F2N2O6. The fraction of sp³-hybridized carbons (Fsp3) is 0.154. The Labute approximate surface area is 204 Å². The molecule has 0 saturated carbocycles. The number of ether oxygens (including phenoxy) is 4. The van der Waals surface area contributed by atoms with E-state index in [0.29, 0.717) is 0 Å². The molecule has 0 spiro atoms. The van der Waals surface area contributed by atoms with Gasteiger partial charge < -0.3 is 18.9 Å². The lowest BCUT2D eigenvalue weighted by Gasteiger charge is -2.16. The lowest BCUT2D eigenvalue weighted by molar-refractivity contribution is 0.0516. The van der Waals surface area contributed by atoms with Crippen LogP contribution in [-0.2, 0) is 9.47 Å². The SMILES string of the molecule is CCOC(=O)c1ccc(Oc2c(F)c(F)c(C#N)c(C#N)c2Oc2ccc(C(=O)OCC)cc2)cc1. The number of nitrogens with zero attached hydrogens (tertiary/aromatic N) is 2. The van der Waals surface area contributed by atoms with Gasteiger partial charge >= 0.3 is 11.9 Å². The monoisotopic (exact) mass is 492 g/mol. The van der Waals surface area contributed by atoms with E-state index in [1.165, 1.54) is 54.6 Å². The fourth-order valence-electron chi connectivity index (χ4n) is 3.03. The molecule has 10 heteroatoms. The number of esters is 2. The standard InChI is InChI=1S/C26H18F2N2O6/c1-3-33-25(31)15-5-9-17(10-6-15)35-23-20(14-30)19(13-29)21(27)22(28)24(23)36-18-11-7-16(8-12-18)26(32)34-4-2/h5-12H,3-4H2,1-2H3. The van der Waals surface area contributed by atoms with Gasteiger partial charge in [0.25, 0.3) is 0 Å². The number of hydrogen-bond donors (Lipinski definition) is 0. The first kappa shape index (κ1) is 25.7. The lowest BCUT2D eigenvalue weighted by Crippen LogP contribution is -2.05. The molecule has 0 saturated heterocycles. The van der Waals surface area contributed by atoms with E-state index in [1.807, 2.05) is 0 Å². The molecule has 0 aromatic heterocycles. The zero-order valence-electron chi connectivity index (χ0n) is 19.1. The lowest BCUT2D eigenvalue weighted by atomic mass is 10.1. The highest BCUT2D eigenvalue weighted by Crippen LogP contribution is 2.43. The maximum Gasteiger partial charge on any atom is 0.338 e. The number of hydrogen-bond acceptors (Lipinski definition) is 8. The number of nitriles is 2. The Morgan fingerprint density at radius 2 is 1.11 bits per heavy atom. The first-order chi connectivity index (χ1) is 17.3. The van der Waals surface area contributed by atoms with Crippen molar-refractivity contribution >= 4 is 11.9 Å². The van der Waals surface area contributed by atoms with Crippen molar-refractivity contribution in [1.82, 2.24) is 0 Å². The molecule has 8 nitrogen and oxygen atoms in total. The molecule has 3 aromatic carbocycles. The quantitative estimate of drug-likeness (QED) is 0.370. The van der Waals surface area contributed by atoms with Crippen LogP contribution in [0.2, 0.25) is 0 Å². The maximum absolute atomic E-state index is 15.0. The molecule has 0 bridgehead atoms. The van der Waals surface area contributed by atoms with Crippen LogP contribution in [0.25, 0.3) is 0 Å². The predicted octanol–water partition coefficient (Wildman–Crippen LogP) is 5.65. The average Bonchev–Trinajstić information content (AvgIpc) is 2.89. The zero-order valence-corrected chi connectivity index (χ0v) is 19.1. The smallest absolute Gasteiger partial charge is 0.338 e. The molecule has 0 aliphatic carbocycles. The zero-order chi connectivity index (χ0) is 26.2. The number of rotatable bonds is 8. The second-order valence-electron chi connectivity index (χ2n) is 6.95. The van der Waals surface area contributed by atoms with Crippen molar-refractivity contribution in [2.45, 2.75) is 13.8 Å². The van der Waals surface area contributed by atoms with E-state index in [0.717, 1.165) is 0 Å². The second-order valence-corrected chi connectivity index (χ2v) is 6.95. The van der Waals surface area contributed by atoms with Crippen molar-refractivity contribution in [3.8, 4) is 35.1 Å². The van der Waals surface area contributed by atoms with Crippen LogP contribution in [-0.4, -0.2) is 25.2 Å². The van der Waals surface area contributed by atoms with Gasteiger partial charge in [0.05, 0.1) is 24.3 Å². The van der Waals surface area contributed by atoms with Crippen LogP contribution in [0.5, 0.6) is 23.0 Å². The van der Waals surface area contributed by atoms with Crippen LogP contribution >= 0.6 is 0 Å². The largest absolute Gasteiger partial charge is 0.462 e. The van der Waals surface area contributed by atoms with Gasteiger partial charge in [-0.1, -0.05) is 0 Å². The summed E-state index contributed by atoms with van der Waals surface area (Å²) in [5, 5.41) is 18.9. The highest BCUT2D eigenvalue weighted by atomic mass is 19.2. The maximum atomic E-state index is 15.0. The molecule has 0 atom stereocenters. The summed E-state index contributed by atoms with van der Waals surface area (Å²) >= 11 is 0. The van der Waals surface area contributed by atoms with E-state index < -0.39 is 46.2 Å². The highest BCUT2D eigenvalue weighted by molar-refractivity contribution is 5.90. The second kappa shape index (κ2) is 11.4. The van der Waals surface area contributed by atoms with Crippen LogP contribution in [0, 0.1) is 34.3 Å². The van der Waals surface area contributed by atoms with Crippen LogP contribution < -0.4 is 9.47 Å². The Morgan fingerprint density at radius 1 is 0.694 bits per heavy atom. The van der Waals surface area contributed by atoms with Crippen LogP contribution in [0.1, 0.15) is 45.7 Å². The molecule has 36 heavy (non-hydrogen) atoms. The summed E-state index contributed by atoms with van der Waals surface area (Å²) in [6.45, 7) is 3.65. The average molecular weight is 492 g/mol. The van der Waals surface area contributed by atoms with Gasteiger partial charge in [-0.3, -0.25) is 0 Å². The van der Waals surface area contributed by atoms with E-state index in [9.17, 15) is 24.5 Å². The van der Waals surface area contributed by atoms with Crippen molar-refractivity contribution in [2.75, 3.05) is 13.2 Å². The summed E-state index contributed by atoms with van der Waals surface area (Å²) in [6.07, 6.45) is 0. The molecule has 0 unspecified atom stereocenters. The molecule has 0 aliphatic heterocycles. The van der Waals surface area contributed by atoms with Crippen molar-refractivity contribution in [3.05, 3.63) is 82.4 Å². The number of carbonyl (C=O) groups excluding carboxylic acids is 2. The summed E-state index contributed by atoms with van der Waals surface area (Å²) in [7, 11) is 0. The molecular weight excluding hydrogens is 474 g/mol. The van der Waals surface area contributed by atoms with Gasteiger partial charge in [0.15, 0.2) is 11.6 Å². The van der Waals surface area contributed by atoms with Gasteiger partial charge in [0.2, 0.25) is 11.6 Å². The van der Waals surface area contributed by atoms with Crippen molar-refractivity contribution in [3.63, 3.8) is 0 Å². The third-order valence-corrected chi connectivity index (χ3v) is 4.69. The van der Waals surface area contributed by atoms with E-state index in [2.05, 4.69) is 0 Å². The minimum absolute atomic E-state index is 0.0162. The first-order valence-electron chi connectivity index (χ1n) is 10.6. The Morgan fingerprint density at radius 3 is 1.50 bits per heavy atom. The third kappa shape index (κ3) is 5.40. The molecule has 0 radical (unpaired) electrons. The van der Waals surface area contributed by atoms with Crippen molar-refractivity contribution in [1.29, 1.82) is 10.5 Å². The highest BCUT2D eigenvalue weighted by Gasteiger charge is 2.28. The molecule has 182 valence electrons.